The highest BCUT2D eigenvalue weighted by Gasteiger charge is 2.10. The van der Waals surface area contributed by atoms with E-state index in [0.717, 1.165) is 0 Å². The predicted octanol–water partition coefficient (Wildman–Crippen LogP) is 1.41. The Morgan fingerprint density at radius 1 is 0.846 bits per heavy atom. The third-order valence-corrected chi connectivity index (χ3v) is 3.44. The molecule has 0 aromatic heterocycles. The van der Waals surface area contributed by atoms with Gasteiger partial charge >= 0.3 is 0 Å². The van der Waals surface area contributed by atoms with Crippen LogP contribution in [0.15, 0.2) is 54.6 Å². The molecule has 2 N–H and O–H groups in total. The highest BCUT2D eigenvalue weighted by molar-refractivity contribution is 5.96. The lowest BCUT2D eigenvalue weighted by Gasteiger charge is -2.11. The molecule has 2 aromatic rings. The Balaban J connectivity index is 1.80. The van der Waals surface area contributed by atoms with Crippen LogP contribution in [0.3, 0.4) is 0 Å². The molecular formula is C19H21N3O4. The molecule has 3 amide bonds. The monoisotopic (exact) mass is 355 g/mol. The summed E-state index contributed by atoms with van der Waals surface area (Å²) in [5.74, 6) is 0.267. The summed E-state index contributed by atoms with van der Waals surface area (Å²) in [5.41, 5.74) is 0.405. The maximum Gasteiger partial charge on any atom is 0.251 e. The molecule has 136 valence electrons. The third kappa shape index (κ3) is 5.94. The lowest BCUT2D eigenvalue weighted by atomic mass is 10.2. The quantitative estimate of drug-likeness (QED) is 0.786. The first kappa shape index (κ1) is 19.0. The van der Waals surface area contributed by atoms with E-state index in [9.17, 15) is 14.4 Å². The van der Waals surface area contributed by atoms with Crippen LogP contribution in [0.4, 0.5) is 0 Å². The van der Waals surface area contributed by atoms with Crippen molar-refractivity contribution in [3.05, 3.63) is 60.2 Å². The van der Waals surface area contributed by atoms with E-state index in [1.165, 1.54) is 4.90 Å². The molecule has 26 heavy (non-hydrogen) atoms. The van der Waals surface area contributed by atoms with Crippen molar-refractivity contribution in [2.75, 3.05) is 27.2 Å². The van der Waals surface area contributed by atoms with Gasteiger partial charge in [-0.3, -0.25) is 14.4 Å². The standard InChI is InChI=1S/C19H21N3O4/c1-22(2)18(24)13-20-17(23)12-21-19(25)14-8-10-16(11-9-14)26-15-6-4-3-5-7-15/h3-11H,12-13H2,1-2H3,(H,20,23)(H,21,25). The van der Waals surface area contributed by atoms with Crippen molar-refractivity contribution in [2.24, 2.45) is 0 Å². The minimum atomic E-state index is -0.433. The average molecular weight is 355 g/mol. The number of carbonyl (C=O) groups excluding carboxylic acids is 3. The van der Waals surface area contributed by atoms with Gasteiger partial charge in [0, 0.05) is 19.7 Å². The van der Waals surface area contributed by atoms with Gasteiger partial charge in [0.1, 0.15) is 11.5 Å². The fourth-order valence-corrected chi connectivity index (χ4v) is 1.96. The van der Waals surface area contributed by atoms with E-state index in [2.05, 4.69) is 10.6 Å². The molecule has 2 rings (SSSR count). The maximum atomic E-state index is 12.1. The first-order valence-electron chi connectivity index (χ1n) is 8.03. The van der Waals surface area contributed by atoms with E-state index in [1.807, 2.05) is 30.3 Å². The molecule has 7 heteroatoms. The molecule has 0 saturated carbocycles. The molecule has 0 heterocycles. The Bertz CT molecular complexity index is 758. The summed E-state index contributed by atoms with van der Waals surface area (Å²) in [7, 11) is 3.20. The Morgan fingerprint density at radius 3 is 2.08 bits per heavy atom. The zero-order valence-corrected chi connectivity index (χ0v) is 14.7. The van der Waals surface area contributed by atoms with Crippen molar-refractivity contribution in [2.45, 2.75) is 0 Å². The first-order chi connectivity index (χ1) is 12.5. The molecule has 0 aliphatic heterocycles. The zero-order chi connectivity index (χ0) is 18.9. The molecule has 0 aliphatic carbocycles. The van der Waals surface area contributed by atoms with E-state index < -0.39 is 5.91 Å². The lowest BCUT2D eigenvalue weighted by Crippen LogP contribution is -2.41. The van der Waals surface area contributed by atoms with Crippen LogP contribution in [-0.4, -0.2) is 49.8 Å². The zero-order valence-electron chi connectivity index (χ0n) is 14.7. The summed E-state index contributed by atoms with van der Waals surface area (Å²) in [5, 5.41) is 4.95. The molecule has 0 saturated heterocycles. The molecule has 0 radical (unpaired) electrons. The summed E-state index contributed by atoms with van der Waals surface area (Å²) in [4.78, 5) is 36.5. The van der Waals surface area contributed by atoms with Crippen LogP contribution >= 0.6 is 0 Å². The van der Waals surface area contributed by atoms with Crippen molar-refractivity contribution < 1.29 is 19.1 Å². The van der Waals surface area contributed by atoms with Crippen LogP contribution in [0, 0.1) is 0 Å². The number of para-hydroxylation sites is 1. The summed E-state index contributed by atoms with van der Waals surface area (Å²) in [6.07, 6.45) is 0. The maximum absolute atomic E-state index is 12.1. The highest BCUT2D eigenvalue weighted by Crippen LogP contribution is 2.20. The summed E-state index contributed by atoms with van der Waals surface area (Å²) in [6, 6.07) is 15.9. The van der Waals surface area contributed by atoms with Crippen molar-refractivity contribution in [3.8, 4) is 11.5 Å². The van der Waals surface area contributed by atoms with E-state index in [0.29, 0.717) is 17.1 Å². The Morgan fingerprint density at radius 2 is 1.46 bits per heavy atom. The topological polar surface area (TPSA) is 87.7 Å². The fraction of sp³-hybridized carbons (Fsp3) is 0.211. The molecule has 0 atom stereocenters. The largest absolute Gasteiger partial charge is 0.457 e. The smallest absolute Gasteiger partial charge is 0.251 e. The lowest BCUT2D eigenvalue weighted by molar-refractivity contribution is -0.130. The van der Waals surface area contributed by atoms with Gasteiger partial charge in [0.05, 0.1) is 13.1 Å². The van der Waals surface area contributed by atoms with Crippen molar-refractivity contribution in [3.63, 3.8) is 0 Å². The number of hydrogen-bond acceptors (Lipinski definition) is 4. The van der Waals surface area contributed by atoms with Gasteiger partial charge in [0.15, 0.2) is 0 Å². The van der Waals surface area contributed by atoms with Gasteiger partial charge in [-0.1, -0.05) is 18.2 Å². The van der Waals surface area contributed by atoms with Crippen LogP contribution < -0.4 is 15.4 Å². The molecule has 0 unspecified atom stereocenters. The number of rotatable bonds is 7. The van der Waals surface area contributed by atoms with Gasteiger partial charge < -0.3 is 20.3 Å². The van der Waals surface area contributed by atoms with Gasteiger partial charge in [-0.05, 0) is 36.4 Å². The molecule has 0 bridgehead atoms. The number of amides is 3. The van der Waals surface area contributed by atoms with E-state index >= 15 is 0 Å². The van der Waals surface area contributed by atoms with Gasteiger partial charge in [0.25, 0.3) is 5.91 Å². The number of likely N-dealkylation sites (N-methyl/N-ethyl adjacent to an activating group) is 1. The van der Waals surface area contributed by atoms with E-state index in [-0.39, 0.29) is 24.9 Å². The highest BCUT2D eigenvalue weighted by atomic mass is 16.5. The summed E-state index contributed by atoms with van der Waals surface area (Å²) < 4.78 is 5.65. The third-order valence-electron chi connectivity index (χ3n) is 3.44. The molecule has 0 spiro atoms. The normalized spacial score (nSPS) is 9.92. The van der Waals surface area contributed by atoms with Crippen LogP contribution in [-0.2, 0) is 9.59 Å². The average Bonchev–Trinajstić information content (AvgIpc) is 2.65. The SMILES string of the molecule is CN(C)C(=O)CNC(=O)CNC(=O)c1ccc(Oc2ccccc2)cc1. The van der Waals surface area contributed by atoms with Gasteiger partial charge in [-0.25, -0.2) is 0 Å². The van der Waals surface area contributed by atoms with E-state index in [4.69, 9.17) is 4.74 Å². The molecular weight excluding hydrogens is 334 g/mol. The number of benzene rings is 2. The van der Waals surface area contributed by atoms with Crippen LogP contribution in [0.2, 0.25) is 0 Å². The second-order valence-electron chi connectivity index (χ2n) is 5.69. The molecule has 2 aromatic carbocycles. The Labute approximate surface area is 152 Å². The minimum absolute atomic E-state index is 0.104. The minimum Gasteiger partial charge on any atom is -0.457 e. The molecule has 7 nitrogen and oxygen atoms in total. The number of nitrogens with one attached hydrogen (secondary N) is 2. The first-order valence-corrected chi connectivity index (χ1v) is 8.03. The predicted molar refractivity (Wildman–Crippen MR) is 97.0 cm³/mol. The van der Waals surface area contributed by atoms with Crippen molar-refractivity contribution >= 4 is 17.7 Å². The van der Waals surface area contributed by atoms with E-state index in [1.54, 1.807) is 38.4 Å². The number of carbonyl (C=O) groups is 3. The Hall–Kier alpha value is -3.35. The second-order valence-corrected chi connectivity index (χ2v) is 5.69. The second kappa shape index (κ2) is 9.22. The Kier molecular flexibility index (Phi) is 6.73. The van der Waals surface area contributed by atoms with Crippen LogP contribution in [0.1, 0.15) is 10.4 Å². The van der Waals surface area contributed by atoms with Crippen molar-refractivity contribution in [1.82, 2.24) is 15.5 Å². The summed E-state index contributed by atoms with van der Waals surface area (Å²) >= 11 is 0. The molecule has 0 aliphatic rings. The van der Waals surface area contributed by atoms with Gasteiger partial charge in [-0.15, -0.1) is 0 Å². The van der Waals surface area contributed by atoms with Gasteiger partial charge in [-0.2, -0.15) is 0 Å². The van der Waals surface area contributed by atoms with Crippen LogP contribution in [0.25, 0.3) is 0 Å². The molecule has 0 fully saturated rings. The van der Waals surface area contributed by atoms with Crippen LogP contribution in [0.5, 0.6) is 11.5 Å². The van der Waals surface area contributed by atoms with Crippen molar-refractivity contribution in [1.29, 1.82) is 0 Å². The fourth-order valence-electron chi connectivity index (χ4n) is 1.96. The number of nitrogens with zero attached hydrogens (tertiary/aromatic N) is 1. The number of ether oxygens (including phenoxy) is 1. The van der Waals surface area contributed by atoms with Gasteiger partial charge in [0.2, 0.25) is 11.8 Å². The summed E-state index contributed by atoms with van der Waals surface area (Å²) in [6.45, 7) is -0.310. The number of hydrogen-bond donors (Lipinski definition) is 2.